The summed E-state index contributed by atoms with van der Waals surface area (Å²) in [5.74, 6) is -1.58. The number of fused-ring (bicyclic) bond motifs is 3. The number of rotatable bonds is 3. The van der Waals surface area contributed by atoms with Crippen LogP contribution in [0.25, 0.3) is 10.2 Å². The molecule has 1 saturated heterocycles. The highest BCUT2D eigenvalue weighted by Gasteiger charge is 2.37. The minimum Gasteiger partial charge on any atom is -0.367 e. The lowest BCUT2D eigenvalue weighted by Gasteiger charge is -2.40. The van der Waals surface area contributed by atoms with Crippen LogP contribution in [0.1, 0.15) is 55.4 Å². The largest absolute Gasteiger partial charge is 0.367 e. The fraction of sp³-hybridized carbons (Fsp3) is 0.700. The molecule has 152 valence electrons. The number of halogens is 3. The number of nitrogens with one attached hydrogen (secondary N) is 1. The van der Waals surface area contributed by atoms with Crippen molar-refractivity contribution in [3.05, 3.63) is 15.7 Å². The summed E-state index contributed by atoms with van der Waals surface area (Å²) in [6.45, 7) is 1.05. The first-order valence-electron chi connectivity index (χ1n) is 10.3. The van der Waals surface area contributed by atoms with Crippen LogP contribution in [-0.4, -0.2) is 46.0 Å². The summed E-state index contributed by atoms with van der Waals surface area (Å²) in [5, 5.41) is 5.12. The van der Waals surface area contributed by atoms with E-state index in [0.717, 1.165) is 49.2 Å². The van der Waals surface area contributed by atoms with E-state index in [0.29, 0.717) is 30.5 Å². The van der Waals surface area contributed by atoms with Crippen LogP contribution in [0.15, 0.2) is 0 Å². The van der Waals surface area contributed by atoms with E-state index in [4.69, 9.17) is 11.6 Å². The molecule has 2 aliphatic carbocycles. The van der Waals surface area contributed by atoms with E-state index in [9.17, 15) is 8.78 Å². The lowest BCUT2D eigenvalue weighted by molar-refractivity contribution is -0.0657. The minimum atomic E-state index is -2.46. The van der Waals surface area contributed by atoms with Crippen LogP contribution in [0.5, 0.6) is 0 Å². The van der Waals surface area contributed by atoms with Crippen molar-refractivity contribution in [3.63, 3.8) is 0 Å². The third kappa shape index (κ3) is 3.61. The Labute approximate surface area is 172 Å². The lowest BCUT2D eigenvalue weighted by atomic mass is 9.88. The smallest absolute Gasteiger partial charge is 0.250 e. The molecule has 3 heterocycles. The Morgan fingerprint density at radius 2 is 1.82 bits per heavy atom. The molecule has 8 heteroatoms. The van der Waals surface area contributed by atoms with Gasteiger partial charge in [-0.05, 0) is 62.1 Å². The second-order valence-electron chi connectivity index (χ2n) is 8.42. The third-order valence-electron chi connectivity index (χ3n) is 6.62. The predicted molar refractivity (Wildman–Crippen MR) is 110 cm³/mol. The fourth-order valence-corrected chi connectivity index (χ4v) is 6.55. The third-order valence-corrected chi connectivity index (χ3v) is 7.98. The molecule has 0 atom stereocenters. The highest BCUT2D eigenvalue weighted by Crippen LogP contribution is 2.41. The monoisotopic (exact) mass is 426 g/mol. The van der Waals surface area contributed by atoms with Gasteiger partial charge < -0.3 is 5.32 Å². The molecule has 1 aliphatic heterocycles. The highest BCUT2D eigenvalue weighted by atomic mass is 35.5. The molecule has 0 aromatic carbocycles. The number of hydrogen-bond acceptors (Lipinski definition) is 5. The van der Waals surface area contributed by atoms with E-state index < -0.39 is 5.92 Å². The summed E-state index contributed by atoms with van der Waals surface area (Å²) in [6, 6.07) is 0.794. The summed E-state index contributed by atoms with van der Waals surface area (Å²) < 4.78 is 26.8. The van der Waals surface area contributed by atoms with Crippen LogP contribution in [0.4, 0.5) is 14.6 Å². The maximum Gasteiger partial charge on any atom is 0.250 e. The Balaban J connectivity index is 1.26. The molecule has 0 bridgehead atoms. The van der Waals surface area contributed by atoms with Gasteiger partial charge in [-0.25, -0.2) is 18.7 Å². The van der Waals surface area contributed by atoms with Gasteiger partial charge in [0.1, 0.15) is 10.6 Å². The van der Waals surface area contributed by atoms with Crippen LogP contribution in [0.2, 0.25) is 5.28 Å². The van der Waals surface area contributed by atoms with E-state index >= 15 is 0 Å². The molecule has 2 aromatic rings. The van der Waals surface area contributed by atoms with Gasteiger partial charge in [0.25, 0.3) is 5.92 Å². The minimum absolute atomic E-state index is 0.00581. The van der Waals surface area contributed by atoms with E-state index in [1.807, 2.05) is 0 Å². The fourth-order valence-electron chi connectivity index (χ4n) is 5.07. The predicted octanol–water partition coefficient (Wildman–Crippen LogP) is 5.29. The average Bonchev–Trinajstić information content (AvgIpc) is 3.23. The van der Waals surface area contributed by atoms with Gasteiger partial charge in [0.05, 0.1) is 5.39 Å². The van der Waals surface area contributed by atoms with Crippen LogP contribution in [0, 0.1) is 0 Å². The number of nitrogens with zero attached hydrogens (tertiary/aromatic N) is 3. The summed E-state index contributed by atoms with van der Waals surface area (Å²) in [5.41, 5.74) is 1.40. The van der Waals surface area contributed by atoms with Gasteiger partial charge in [0.2, 0.25) is 5.28 Å². The number of hydrogen-bond donors (Lipinski definition) is 1. The lowest BCUT2D eigenvalue weighted by Crippen LogP contribution is -2.47. The second kappa shape index (κ2) is 7.33. The van der Waals surface area contributed by atoms with Crippen LogP contribution >= 0.6 is 22.9 Å². The summed E-state index contributed by atoms with van der Waals surface area (Å²) >= 11 is 7.94. The summed E-state index contributed by atoms with van der Waals surface area (Å²) in [4.78, 5) is 13.7. The van der Waals surface area contributed by atoms with Gasteiger partial charge in [-0.15, -0.1) is 11.3 Å². The second-order valence-corrected chi connectivity index (χ2v) is 9.84. The molecule has 1 N–H and O–H groups in total. The number of thiophene rings is 1. The van der Waals surface area contributed by atoms with Crippen molar-refractivity contribution in [1.82, 2.24) is 14.9 Å². The molecule has 5 rings (SSSR count). The Morgan fingerprint density at radius 1 is 1.07 bits per heavy atom. The standard InChI is InChI=1S/C20H25ClF2N4S/c21-19-25-17(16-14-2-1-3-15(14)28-18(16)26-19)24-12-4-6-13(7-5-12)27-10-8-20(22,23)9-11-27/h12-13H,1-11H2,(H,24,25,26)/t12-,13-. The van der Waals surface area contributed by atoms with Crippen LogP contribution < -0.4 is 5.32 Å². The first kappa shape index (κ1) is 18.9. The maximum atomic E-state index is 13.4. The van der Waals surface area contributed by atoms with Crippen LogP contribution in [-0.2, 0) is 12.8 Å². The molecule has 4 nitrogen and oxygen atoms in total. The zero-order chi connectivity index (χ0) is 19.3. The Kier molecular flexibility index (Phi) is 4.96. The van der Waals surface area contributed by atoms with Gasteiger partial charge >= 0.3 is 0 Å². The zero-order valence-electron chi connectivity index (χ0n) is 15.8. The molecule has 0 unspecified atom stereocenters. The van der Waals surface area contributed by atoms with Crippen molar-refractivity contribution in [1.29, 1.82) is 0 Å². The number of aromatic nitrogens is 2. The number of alkyl halides is 2. The van der Waals surface area contributed by atoms with Crippen molar-refractivity contribution in [2.24, 2.45) is 0 Å². The summed E-state index contributed by atoms with van der Waals surface area (Å²) in [6.07, 6.45) is 7.62. The van der Waals surface area contributed by atoms with Crippen LogP contribution in [0.3, 0.4) is 0 Å². The normalized spacial score (nSPS) is 27.8. The van der Waals surface area contributed by atoms with Crippen molar-refractivity contribution in [2.75, 3.05) is 18.4 Å². The molecule has 2 fully saturated rings. The van der Waals surface area contributed by atoms with Crippen molar-refractivity contribution >= 4 is 39.0 Å². The highest BCUT2D eigenvalue weighted by molar-refractivity contribution is 7.19. The molecule has 0 amide bonds. The Hall–Kier alpha value is -1.05. The Bertz CT molecular complexity index is 869. The van der Waals surface area contributed by atoms with E-state index in [-0.39, 0.29) is 12.8 Å². The molecular formula is C20H25ClF2N4S. The average molecular weight is 427 g/mol. The quantitative estimate of drug-likeness (QED) is 0.677. The molecule has 3 aliphatic rings. The first-order chi connectivity index (χ1) is 13.5. The molecule has 0 spiro atoms. The van der Waals surface area contributed by atoms with Gasteiger partial charge in [-0.2, -0.15) is 0 Å². The number of aryl methyl sites for hydroxylation is 2. The van der Waals surface area contributed by atoms with E-state index in [2.05, 4.69) is 20.2 Å². The number of anilines is 1. The van der Waals surface area contributed by atoms with Crippen molar-refractivity contribution in [3.8, 4) is 0 Å². The zero-order valence-corrected chi connectivity index (χ0v) is 17.4. The van der Waals surface area contributed by atoms with Gasteiger partial charge in [-0.3, -0.25) is 4.90 Å². The van der Waals surface area contributed by atoms with Gasteiger partial charge in [0.15, 0.2) is 0 Å². The Morgan fingerprint density at radius 3 is 2.57 bits per heavy atom. The molecule has 0 radical (unpaired) electrons. The topological polar surface area (TPSA) is 41.0 Å². The molecule has 1 saturated carbocycles. The SMILES string of the molecule is FC1(F)CCN([C@H]2CC[C@H](Nc3nc(Cl)nc4sc5c(c34)CCC5)CC2)CC1. The maximum absolute atomic E-state index is 13.4. The number of likely N-dealkylation sites (tertiary alicyclic amines) is 1. The molecule has 2 aromatic heterocycles. The van der Waals surface area contributed by atoms with E-state index in [1.54, 1.807) is 11.3 Å². The van der Waals surface area contributed by atoms with Gasteiger partial charge in [0, 0.05) is 42.9 Å². The van der Waals surface area contributed by atoms with Crippen molar-refractivity contribution in [2.45, 2.75) is 75.8 Å². The number of piperidine rings is 1. The molecule has 28 heavy (non-hydrogen) atoms. The van der Waals surface area contributed by atoms with E-state index in [1.165, 1.54) is 22.2 Å². The first-order valence-corrected chi connectivity index (χ1v) is 11.5. The molecular weight excluding hydrogens is 402 g/mol. The summed E-state index contributed by atoms with van der Waals surface area (Å²) in [7, 11) is 0. The van der Waals surface area contributed by atoms with Gasteiger partial charge in [-0.1, -0.05) is 0 Å². The van der Waals surface area contributed by atoms with Crippen molar-refractivity contribution < 1.29 is 8.78 Å².